The third-order valence-corrected chi connectivity index (χ3v) is 2.37. The number of hydrogen-bond acceptors (Lipinski definition) is 4. The summed E-state index contributed by atoms with van der Waals surface area (Å²) in [4.78, 5) is 13.1. The van der Waals surface area contributed by atoms with E-state index in [0.29, 0.717) is 19.6 Å². The molecule has 5 heteroatoms. The van der Waals surface area contributed by atoms with Crippen LogP contribution in [0.3, 0.4) is 0 Å². The molecule has 15 heavy (non-hydrogen) atoms. The van der Waals surface area contributed by atoms with Gasteiger partial charge in [-0.15, -0.1) is 6.58 Å². The maximum Gasteiger partial charge on any atom is 0.411 e. The molecule has 1 fully saturated rings. The van der Waals surface area contributed by atoms with Crippen LogP contribution in [0.5, 0.6) is 0 Å². The lowest BCUT2D eigenvalue weighted by Gasteiger charge is -2.39. The molecule has 0 aromatic carbocycles. The Morgan fingerprint density at radius 1 is 1.60 bits per heavy atom. The van der Waals surface area contributed by atoms with E-state index in [4.69, 9.17) is 14.2 Å². The molecule has 86 valence electrons. The minimum Gasteiger partial charge on any atom is -0.453 e. The SMILES string of the molecule is C=CCC1COCC(OC)N1C(=O)OC. The predicted molar refractivity (Wildman–Crippen MR) is 54.5 cm³/mol. The van der Waals surface area contributed by atoms with Crippen LogP contribution in [0, 0.1) is 0 Å². The van der Waals surface area contributed by atoms with Crippen molar-refractivity contribution in [1.29, 1.82) is 0 Å². The zero-order valence-corrected chi connectivity index (χ0v) is 9.14. The summed E-state index contributed by atoms with van der Waals surface area (Å²) in [5.41, 5.74) is 0. The van der Waals surface area contributed by atoms with Crippen LogP contribution in [0.25, 0.3) is 0 Å². The molecule has 2 atom stereocenters. The number of carbonyl (C=O) groups is 1. The van der Waals surface area contributed by atoms with Crippen molar-refractivity contribution >= 4 is 6.09 Å². The van der Waals surface area contributed by atoms with Crippen molar-refractivity contribution in [1.82, 2.24) is 4.90 Å². The van der Waals surface area contributed by atoms with E-state index in [1.54, 1.807) is 18.1 Å². The van der Waals surface area contributed by atoms with Crippen molar-refractivity contribution < 1.29 is 19.0 Å². The molecule has 1 heterocycles. The van der Waals surface area contributed by atoms with Gasteiger partial charge in [-0.25, -0.2) is 4.79 Å². The highest BCUT2D eigenvalue weighted by Gasteiger charge is 2.35. The molecule has 1 amide bonds. The number of nitrogens with zero attached hydrogens (tertiary/aromatic N) is 1. The standard InChI is InChI=1S/C10H17NO4/c1-4-5-8-6-15-7-9(13-2)11(8)10(12)14-3/h4,8-9H,1,5-7H2,2-3H3. The molecule has 0 bridgehead atoms. The summed E-state index contributed by atoms with van der Waals surface area (Å²) < 4.78 is 15.2. The number of ether oxygens (including phenoxy) is 3. The molecule has 1 aliphatic rings. The molecular weight excluding hydrogens is 198 g/mol. The third-order valence-electron chi connectivity index (χ3n) is 2.37. The van der Waals surface area contributed by atoms with Crippen molar-refractivity contribution in [3.05, 3.63) is 12.7 Å². The highest BCUT2D eigenvalue weighted by Crippen LogP contribution is 2.18. The van der Waals surface area contributed by atoms with Gasteiger partial charge in [0.2, 0.25) is 0 Å². The van der Waals surface area contributed by atoms with Crippen molar-refractivity contribution in [2.75, 3.05) is 27.4 Å². The smallest absolute Gasteiger partial charge is 0.411 e. The Balaban J connectivity index is 2.75. The Hall–Kier alpha value is -1.07. The van der Waals surface area contributed by atoms with Crippen LogP contribution >= 0.6 is 0 Å². The first-order chi connectivity index (χ1) is 7.24. The predicted octanol–water partition coefficient (Wildman–Crippen LogP) is 1.00. The van der Waals surface area contributed by atoms with Crippen molar-refractivity contribution in [3.8, 4) is 0 Å². The van der Waals surface area contributed by atoms with Crippen LogP contribution in [-0.4, -0.2) is 50.7 Å². The number of rotatable bonds is 3. The van der Waals surface area contributed by atoms with E-state index in [1.807, 2.05) is 0 Å². The lowest BCUT2D eigenvalue weighted by Crippen LogP contribution is -2.55. The maximum absolute atomic E-state index is 11.6. The summed E-state index contributed by atoms with van der Waals surface area (Å²) in [6, 6.07) is -0.0614. The number of methoxy groups -OCH3 is 2. The molecule has 0 saturated carbocycles. The molecule has 0 aliphatic carbocycles. The summed E-state index contributed by atoms with van der Waals surface area (Å²) in [5, 5.41) is 0. The maximum atomic E-state index is 11.6. The van der Waals surface area contributed by atoms with Gasteiger partial charge in [-0.3, -0.25) is 4.90 Å². The molecule has 2 unspecified atom stereocenters. The Morgan fingerprint density at radius 2 is 2.33 bits per heavy atom. The minimum absolute atomic E-state index is 0.0614. The van der Waals surface area contributed by atoms with Crippen molar-refractivity contribution in [2.24, 2.45) is 0 Å². The van der Waals surface area contributed by atoms with E-state index < -0.39 is 6.09 Å². The molecule has 0 aromatic rings. The Kier molecular flexibility index (Phi) is 4.58. The van der Waals surface area contributed by atoms with Gasteiger partial charge in [0.15, 0.2) is 6.23 Å². The van der Waals surface area contributed by atoms with E-state index >= 15 is 0 Å². The zero-order valence-electron chi connectivity index (χ0n) is 9.14. The van der Waals surface area contributed by atoms with Crippen LogP contribution in [-0.2, 0) is 14.2 Å². The van der Waals surface area contributed by atoms with E-state index in [2.05, 4.69) is 6.58 Å². The van der Waals surface area contributed by atoms with E-state index in [-0.39, 0.29) is 12.3 Å². The largest absolute Gasteiger partial charge is 0.453 e. The Morgan fingerprint density at radius 3 is 2.87 bits per heavy atom. The summed E-state index contributed by atoms with van der Waals surface area (Å²) in [5.74, 6) is 0. The average Bonchev–Trinajstić information content (AvgIpc) is 2.28. The van der Waals surface area contributed by atoms with Gasteiger partial charge in [0.05, 0.1) is 26.4 Å². The molecule has 1 aliphatic heterocycles. The Labute approximate surface area is 89.6 Å². The van der Waals surface area contributed by atoms with Gasteiger partial charge in [-0.1, -0.05) is 6.08 Å². The number of morpholine rings is 1. The van der Waals surface area contributed by atoms with Crippen molar-refractivity contribution in [2.45, 2.75) is 18.7 Å². The summed E-state index contributed by atoms with van der Waals surface area (Å²) in [6.45, 7) is 4.51. The quantitative estimate of drug-likeness (QED) is 0.659. The topological polar surface area (TPSA) is 48.0 Å². The first kappa shape index (κ1) is 12.0. The molecule has 5 nitrogen and oxygen atoms in total. The van der Waals surface area contributed by atoms with Gasteiger partial charge in [0, 0.05) is 7.11 Å². The number of carbonyl (C=O) groups excluding carboxylic acids is 1. The van der Waals surface area contributed by atoms with Crippen LogP contribution in [0.15, 0.2) is 12.7 Å². The average molecular weight is 215 g/mol. The monoisotopic (exact) mass is 215 g/mol. The van der Waals surface area contributed by atoms with E-state index in [9.17, 15) is 4.79 Å². The lowest BCUT2D eigenvalue weighted by molar-refractivity contribution is -0.136. The van der Waals surface area contributed by atoms with Crippen LogP contribution < -0.4 is 0 Å². The summed E-state index contributed by atoms with van der Waals surface area (Å²) in [6.07, 6.45) is 1.64. The lowest BCUT2D eigenvalue weighted by atomic mass is 10.1. The van der Waals surface area contributed by atoms with Crippen LogP contribution in [0.1, 0.15) is 6.42 Å². The van der Waals surface area contributed by atoms with Crippen LogP contribution in [0.4, 0.5) is 4.79 Å². The fourth-order valence-electron chi connectivity index (χ4n) is 1.63. The molecule has 0 spiro atoms. The van der Waals surface area contributed by atoms with Gasteiger partial charge in [-0.2, -0.15) is 0 Å². The van der Waals surface area contributed by atoms with E-state index in [1.165, 1.54) is 7.11 Å². The zero-order chi connectivity index (χ0) is 11.3. The third kappa shape index (κ3) is 2.70. The second kappa shape index (κ2) is 5.72. The molecule has 1 saturated heterocycles. The summed E-state index contributed by atoms with van der Waals surface area (Å²) >= 11 is 0. The van der Waals surface area contributed by atoms with Gasteiger partial charge in [0.1, 0.15) is 0 Å². The van der Waals surface area contributed by atoms with Gasteiger partial charge < -0.3 is 14.2 Å². The molecular formula is C10H17NO4. The molecule has 1 rings (SSSR count). The molecule has 0 N–H and O–H groups in total. The molecule has 0 aromatic heterocycles. The fraction of sp³-hybridized carbons (Fsp3) is 0.700. The Bertz CT molecular complexity index is 231. The highest BCUT2D eigenvalue weighted by molar-refractivity contribution is 5.68. The van der Waals surface area contributed by atoms with Gasteiger partial charge >= 0.3 is 6.09 Å². The van der Waals surface area contributed by atoms with Gasteiger partial charge in [0.25, 0.3) is 0 Å². The van der Waals surface area contributed by atoms with Crippen molar-refractivity contribution in [3.63, 3.8) is 0 Å². The van der Waals surface area contributed by atoms with E-state index in [0.717, 1.165) is 0 Å². The second-order valence-electron chi connectivity index (χ2n) is 3.28. The second-order valence-corrected chi connectivity index (χ2v) is 3.28. The minimum atomic E-state index is -0.392. The number of hydrogen-bond donors (Lipinski definition) is 0. The van der Waals surface area contributed by atoms with Crippen LogP contribution in [0.2, 0.25) is 0 Å². The number of amides is 1. The first-order valence-electron chi connectivity index (χ1n) is 4.82. The summed E-state index contributed by atoms with van der Waals surface area (Å²) in [7, 11) is 2.90. The van der Waals surface area contributed by atoms with Gasteiger partial charge in [-0.05, 0) is 6.42 Å². The fourth-order valence-corrected chi connectivity index (χ4v) is 1.63. The highest BCUT2D eigenvalue weighted by atomic mass is 16.6. The molecule has 0 radical (unpaired) electrons. The first-order valence-corrected chi connectivity index (χ1v) is 4.82. The normalized spacial score (nSPS) is 26.1.